The Morgan fingerprint density at radius 3 is 2.68 bits per heavy atom. The van der Waals surface area contributed by atoms with Crippen LogP contribution in [0.4, 0.5) is 5.69 Å². The number of nitriles is 1. The third-order valence-corrected chi connectivity index (χ3v) is 5.90. The number of rotatable bonds is 5. The number of piperidine rings is 1. The molecule has 0 radical (unpaired) electrons. The fourth-order valence-corrected chi connectivity index (χ4v) is 4.00. The van der Waals surface area contributed by atoms with Crippen LogP contribution in [0.25, 0.3) is 0 Å². The summed E-state index contributed by atoms with van der Waals surface area (Å²) in [5.41, 5.74) is 1.75. The van der Waals surface area contributed by atoms with E-state index in [-0.39, 0.29) is 17.6 Å². The molecule has 1 aliphatic rings. The van der Waals surface area contributed by atoms with Crippen LogP contribution in [-0.4, -0.2) is 35.6 Å². The maximum absolute atomic E-state index is 12.9. The van der Waals surface area contributed by atoms with E-state index in [9.17, 15) is 9.59 Å². The first-order chi connectivity index (χ1) is 13.6. The van der Waals surface area contributed by atoms with Crippen LogP contribution in [-0.2, 0) is 4.79 Å². The standard InChI is InChI=1S/C22H23N3O2S/c1-16-9-11-25(12-10-16)22(27)19-7-2-3-8-20(19)28-15-21(26)24-18-6-4-5-17(13-18)14-23/h2-8,13,16H,9-12,15H2,1H3,(H,24,26). The molecule has 6 heteroatoms. The van der Waals surface area contributed by atoms with Gasteiger partial charge >= 0.3 is 0 Å². The monoisotopic (exact) mass is 393 g/mol. The highest BCUT2D eigenvalue weighted by Crippen LogP contribution is 2.26. The molecule has 0 unspecified atom stereocenters. The topological polar surface area (TPSA) is 73.2 Å². The Morgan fingerprint density at radius 1 is 1.18 bits per heavy atom. The van der Waals surface area contributed by atoms with Crippen LogP contribution in [0, 0.1) is 17.2 Å². The van der Waals surface area contributed by atoms with E-state index in [4.69, 9.17) is 5.26 Å². The molecule has 144 valence electrons. The number of carbonyl (C=O) groups is 2. The van der Waals surface area contributed by atoms with Crippen molar-refractivity contribution in [2.75, 3.05) is 24.2 Å². The van der Waals surface area contributed by atoms with Crippen LogP contribution in [0.5, 0.6) is 0 Å². The summed E-state index contributed by atoms with van der Waals surface area (Å²) in [5.74, 6) is 0.723. The molecule has 0 spiro atoms. The summed E-state index contributed by atoms with van der Waals surface area (Å²) in [4.78, 5) is 27.9. The van der Waals surface area contributed by atoms with Crippen LogP contribution in [0.1, 0.15) is 35.7 Å². The normalized spacial score (nSPS) is 14.4. The van der Waals surface area contributed by atoms with Gasteiger partial charge in [0.05, 0.1) is 22.9 Å². The van der Waals surface area contributed by atoms with Gasteiger partial charge in [0, 0.05) is 23.7 Å². The van der Waals surface area contributed by atoms with Gasteiger partial charge in [-0.25, -0.2) is 0 Å². The average Bonchev–Trinajstić information content (AvgIpc) is 2.72. The first-order valence-electron chi connectivity index (χ1n) is 9.38. The average molecular weight is 394 g/mol. The molecule has 1 fully saturated rings. The molecular weight excluding hydrogens is 370 g/mol. The van der Waals surface area contributed by atoms with E-state index in [1.54, 1.807) is 24.3 Å². The van der Waals surface area contributed by atoms with E-state index in [1.165, 1.54) is 11.8 Å². The highest BCUT2D eigenvalue weighted by atomic mass is 32.2. The third-order valence-electron chi connectivity index (χ3n) is 4.82. The number of anilines is 1. The molecule has 28 heavy (non-hydrogen) atoms. The number of thioether (sulfide) groups is 1. The quantitative estimate of drug-likeness (QED) is 0.774. The second-order valence-electron chi connectivity index (χ2n) is 7.00. The first kappa shape index (κ1) is 20.0. The van der Waals surface area contributed by atoms with E-state index in [0.717, 1.165) is 30.8 Å². The zero-order valence-electron chi connectivity index (χ0n) is 15.9. The molecule has 0 aromatic heterocycles. The third kappa shape index (κ3) is 5.14. The highest BCUT2D eigenvalue weighted by molar-refractivity contribution is 8.00. The van der Waals surface area contributed by atoms with Gasteiger partial charge in [0.2, 0.25) is 5.91 Å². The number of likely N-dealkylation sites (tertiary alicyclic amines) is 1. The molecule has 0 atom stereocenters. The molecule has 2 aromatic carbocycles. The van der Waals surface area contributed by atoms with Crippen molar-refractivity contribution < 1.29 is 9.59 Å². The maximum Gasteiger partial charge on any atom is 0.254 e. The van der Waals surface area contributed by atoms with Crippen LogP contribution in [0.2, 0.25) is 0 Å². The minimum absolute atomic E-state index is 0.0390. The molecule has 0 saturated carbocycles. The molecule has 3 rings (SSSR count). The molecular formula is C22H23N3O2S. The molecule has 2 aromatic rings. The second-order valence-corrected chi connectivity index (χ2v) is 8.02. The SMILES string of the molecule is CC1CCN(C(=O)c2ccccc2SCC(=O)Nc2cccc(C#N)c2)CC1. The van der Waals surface area contributed by atoms with Crippen LogP contribution >= 0.6 is 11.8 Å². The van der Waals surface area contributed by atoms with Crippen molar-refractivity contribution in [3.8, 4) is 6.07 Å². The smallest absolute Gasteiger partial charge is 0.254 e. The Morgan fingerprint density at radius 2 is 1.93 bits per heavy atom. The lowest BCUT2D eigenvalue weighted by atomic mass is 9.98. The van der Waals surface area contributed by atoms with Crippen molar-refractivity contribution in [3.63, 3.8) is 0 Å². The van der Waals surface area contributed by atoms with Crippen LogP contribution < -0.4 is 5.32 Å². The molecule has 0 aliphatic carbocycles. The van der Waals surface area contributed by atoms with Gasteiger partial charge in [-0.15, -0.1) is 11.8 Å². The summed E-state index contributed by atoms with van der Waals surface area (Å²) >= 11 is 1.35. The Kier molecular flexibility index (Phi) is 6.72. The molecule has 1 N–H and O–H groups in total. The summed E-state index contributed by atoms with van der Waals surface area (Å²) in [6.45, 7) is 3.79. The highest BCUT2D eigenvalue weighted by Gasteiger charge is 2.23. The number of amides is 2. The number of nitrogens with one attached hydrogen (secondary N) is 1. The molecule has 1 saturated heterocycles. The zero-order valence-corrected chi connectivity index (χ0v) is 16.7. The Labute approximate surface area is 169 Å². The van der Waals surface area contributed by atoms with Crippen molar-refractivity contribution >= 4 is 29.3 Å². The molecule has 1 aliphatic heterocycles. The van der Waals surface area contributed by atoms with Crippen molar-refractivity contribution in [2.45, 2.75) is 24.7 Å². The Bertz CT molecular complexity index is 899. The van der Waals surface area contributed by atoms with Crippen molar-refractivity contribution in [2.24, 2.45) is 5.92 Å². The van der Waals surface area contributed by atoms with Gasteiger partial charge in [0.25, 0.3) is 5.91 Å². The van der Waals surface area contributed by atoms with Crippen LogP contribution in [0.3, 0.4) is 0 Å². The number of nitrogens with zero attached hydrogens (tertiary/aromatic N) is 2. The summed E-state index contributed by atoms with van der Waals surface area (Å²) in [5, 5.41) is 11.7. The predicted octanol–water partition coefficient (Wildman–Crippen LogP) is 4.16. The summed E-state index contributed by atoms with van der Waals surface area (Å²) in [6, 6.07) is 16.3. The summed E-state index contributed by atoms with van der Waals surface area (Å²) in [6.07, 6.45) is 2.07. The van der Waals surface area contributed by atoms with Gasteiger partial charge in [0.15, 0.2) is 0 Å². The zero-order chi connectivity index (χ0) is 19.9. The van der Waals surface area contributed by atoms with Crippen molar-refractivity contribution in [1.29, 1.82) is 5.26 Å². The molecule has 5 nitrogen and oxygen atoms in total. The van der Waals surface area contributed by atoms with Gasteiger partial charge < -0.3 is 10.2 Å². The summed E-state index contributed by atoms with van der Waals surface area (Å²) in [7, 11) is 0. The van der Waals surface area contributed by atoms with E-state index < -0.39 is 0 Å². The largest absolute Gasteiger partial charge is 0.339 e. The molecule has 2 amide bonds. The lowest BCUT2D eigenvalue weighted by Crippen LogP contribution is -2.38. The fourth-order valence-electron chi connectivity index (χ4n) is 3.16. The van der Waals surface area contributed by atoms with E-state index >= 15 is 0 Å². The predicted molar refractivity (Wildman–Crippen MR) is 111 cm³/mol. The number of hydrogen-bond acceptors (Lipinski definition) is 4. The van der Waals surface area contributed by atoms with Gasteiger partial charge in [-0.2, -0.15) is 5.26 Å². The minimum Gasteiger partial charge on any atom is -0.339 e. The van der Waals surface area contributed by atoms with E-state index in [0.29, 0.717) is 22.7 Å². The minimum atomic E-state index is -0.172. The Balaban J connectivity index is 1.62. The van der Waals surface area contributed by atoms with E-state index in [2.05, 4.69) is 18.3 Å². The Hall–Kier alpha value is -2.78. The number of carbonyl (C=O) groups excluding carboxylic acids is 2. The number of benzene rings is 2. The van der Waals surface area contributed by atoms with Gasteiger partial charge in [0.1, 0.15) is 0 Å². The second kappa shape index (κ2) is 9.43. The van der Waals surface area contributed by atoms with Gasteiger partial charge in [-0.3, -0.25) is 9.59 Å². The first-order valence-corrected chi connectivity index (χ1v) is 10.4. The molecule has 1 heterocycles. The van der Waals surface area contributed by atoms with Crippen molar-refractivity contribution in [1.82, 2.24) is 4.90 Å². The molecule has 0 bridgehead atoms. The maximum atomic E-state index is 12.9. The van der Waals surface area contributed by atoms with Crippen LogP contribution in [0.15, 0.2) is 53.4 Å². The summed E-state index contributed by atoms with van der Waals surface area (Å²) < 4.78 is 0. The lowest BCUT2D eigenvalue weighted by molar-refractivity contribution is -0.113. The number of hydrogen-bond donors (Lipinski definition) is 1. The van der Waals surface area contributed by atoms with Gasteiger partial charge in [-0.05, 0) is 49.1 Å². The van der Waals surface area contributed by atoms with Gasteiger partial charge in [-0.1, -0.05) is 25.1 Å². The fraction of sp³-hybridized carbons (Fsp3) is 0.318. The van der Waals surface area contributed by atoms with Crippen molar-refractivity contribution in [3.05, 3.63) is 59.7 Å². The van der Waals surface area contributed by atoms with E-state index in [1.807, 2.05) is 29.2 Å². The lowest BCUT2D eigenvalue weighted by Gasteiger charge is -2.30.